The van der Waals surface area contributed by atoms with Gasteiger partial charge in [0.05, 0.1) is 42.6 Å². The highest BCUT2D eigenvalue weighted by Crippen LogP contribution is 2.40. The van der Waals surface area contributed by atoms with Gasteiger partial charge in [0.1, 0.15) is 17.5 Å². The molecule has 4 aromatic rings. The number of piperidine rings is 3. The molecule has 2 aromatic carbocycles. The van der Waals surface area contributed by atoms with Crippen LogP contribution in [0, 0.1) is 0 Å². The predicted molar refractivity (Wildman–Crippen MR) is 232 cm³/mol. The average molecular weight is 892 g/mol. The van der Waals surface area contributed by atoms with Crippen molar-refractivity contribution >= 4 is 57.2 Å². The summed E-state index contributed by atoms with van der Waals surface area (Å²) in [5.41, 5.74) is 4.16. The molecule has 8 rings (SSSR count). The molecule has 4 amide bonds. The maximum Gasteiger partial charge on any atom is 0.290 e. The molecular weight excluding hydrogens is 841 g/mol. The summed E-state index contributed by atoms with van der Waals surface area (Å²) < 4.78 is 45.3. The van der Waals surface area contributed by atoms with Gasteiger partial charge in [-0.1, -0.05) is 6.07 Å². The second-order valence-corrected chi connectivity index (χ2v) is 17.6. The Morgan fingerprint density at radius 2 is 1.68 bits per heavy atom. The minimum atomic E-state index is -3.20. The highest BCUT2D eigenvalue weighted by molar-refractivity contribution is 7.21. The van der Waals surface area contributed by atoms with E-state index in [1.54, 1.807) is 27.5 Å². The van der Waals surface area contributed by atoms with Gasteiger partial charge in [-0.05, 0) is 81.2 Å². The number of halogens is 2. The number of benzene rings is 2. The summed E-state index contributed by atoms with van der Waals surface area (Å²) in [4.78, 5) is 80.5. The summed E-state index contributed by atoms with van der Waals surface area (Å²) in [6, 6.07) is 8.79. The van der Waals surface area contributed by atoms with Crippen molar-refractivity contribution in [3.8, 4) is 22.6 Å². The van der Waals surface area contributed by atoms with E-state index in [4.69, 9.17) is 19.4 Å². The number of hydrogen-bond donors (Lipinski definition) is 3. The molecule has 16 nitrogen and oxygen atoms in total. The van der Waals surface area contributed by atoms with Gasteiger partial charge in [0, 0.05) is 79.9 Å². The summed E-state index contributed by atoms with van der Waals surface area (Å²) in [6.45, 7) is 1.75. The van der Waals surface area contributed by atoms with Crippen LogP contribution in [0.25, 0.3) is 21.2 Å². The summed E-state index contributed by atoms with van der Waals surface area (Å²) in [5.74, 6) is -3.66. The van der Waals surface area contributed by atoms with Crippen LogP contribution in [-0.2, 0) is 34.5 Å². The van der Waals surface area contributed by atoms with E-state index >= 15 is 8.78 Å². The molecule has 0 saturated carbocycles. The number of hydrogen-bond acceptors (Lipinski definition) is 12. The standard InChI is InChI=1S/C43H49F2N7O7S.CH2O2/c1-48(2)21-31-33(58-4)16-25(17-34(31)59-5)30-22-49(3)41(56)29-19-35(60-38(29)30)40(55)46-36-12-15-51(23-43(36,44)45)26-10-13-50(14-11-26)27-7-6-24-20-52(42(57)28(24)18-27)32-8-9-37(53)47-39(32)54;2-1-3/h6-7,16-19,22,26,32,36H,8-15,20-21,23H2,1-5H3,(H,46,55)(H,47,53,54);1H,(H,2,3)/t32?,36-;/m1./s1. The third kappa shape index (κ3) is 9.12. The van der Waals surface area contributed by atoms with E-state index in [0.29, 0.717) is 90.3 Å². The number of anilines is 1. The molecule has 3 saturated heterocycles. The van der Waals surface area contributed by atoms with Crippen molar-refractivity contribution in [3.05, 3.63) is 74.5 Å². The fraction of sp³-hybridized carbons (Fsp3) is 0.455. The van der Waals surface area contributed by atoms with Gasteiger partial charge in [-0.2, -0.15) is 0 Å². The van der Waals surface area contributed by atoms with Crippen molar-refractivity contribution in [2.45, 2.75) is 69.2 Å². The van der Waals surface area contributed by atoms with E-state index in [9.17, 15) is 24.0 Å². The van der Waals surface area contributed by atoms with Gasteiger partial charge in [-0.25, -0.2) is 8.78 Å². The molecule has 336 valence electrons. The molecule has 4 aliphatic heterocycles. The Labute approximate surface area is 366 Å². The maximum atomic E-state index is 15.9. The monoisotopic (exact) mass is 891 g/mol. The van der Waals surface area contributed by atoms with Crippen LogP contribution >= 0.6 is 11.3 Å². The maximum absolute atomic E-state index is 15.9. The smallest absolute Gasteiger partial charge is 0.290 e. The number of alkyl halides is 2. The normalized spacial score (nSPS) is 20.3. The number of amides is 4. The fourth-order valence-corrected chi connectivity index (χ4v) is 10.2. The Bertz CT molecular complexity index is 2480. The van der Waals surface area contributed by atoms with Crippen LogP contribution in [-0.4, -0.2) is 133 Å². The van der Waals surface area contributed by atoms with Gasteiger partial charge in [0.2, 0.25) is 11.8 Å². The SMILES string of the molecule is COc1cc(-c2cn(C)c(=O)c3cc(C(=O)N[C@@H]4CCN(C5CCN(c6ccc7c(c6)C(=O)N(C6CCC(=O)NC6=O)C7)CC5)CC4(F)F)sc23)cc(OC)c1CN(C)C.O=CO. The van der Waals surface area contributed by atoms with Gasteiger partial charge >= 0.3 is 0 Å². The lowest BCUT2D eigenvalue weighted by Crippen LogP contribution is -2.61. The van der Waals surface area contributed by atoms with Gasteiger partial charge in [-0.15, -0.1) is 11.3 Å². The largest absolute Gasteiger partial charge is 0.496 e. The van der Waals surface area contributed by atoms with Crippen LogP contribution in [0.15, 0.2) is 47.4 Å². The van der Waals surface area contributed by atoms with E-state index < -0.39 is 36.4 Å². The molecule has 1 unspecified atom stereocenters. The molecule has 2 aromatic heterocycles. The summed E-state index contributed by atoms with van der Waals surface area (Å²) >= 11 is 1.09. The lowest BCUT2D eigenvalue weighted by molar-refractivity contribution is -0.137. The number of nitrogens with one attached hydrogen (secondary N) is 2. The average Bonchev–Trinajstić information content (AvgIpc) is 3.85. The second-order valence-electron chi connectivity index (χ2n) is 16.5. The van der Waals surface area contributed by atoms with Crippen LogP contribution in [0.5, 0.6) is 11.5 Å². The van der Waals surface area contributed by atoms with Gasteiger partial charge in [-0.3, -0.25) is 39.0 Å². The van der Waals surface area contributed by atoms with E-state index in [2.05, 4.69) is 15.5 Å². The number of pyridine rings is 1. The number of rotatable bonds is 10. The number of carbonyl (C=O) groups excluding carboxylic acids is 4. The number of carboxylic acid groups (broad SMARTS) is 1. The Morgan fingerprint density at radius 3 is 2.30 bits per heavy atom. The van der Waals surface area contributed by atoms with Gasteiger partial charge < -0.3 is 39.2 Å². The Hall–Kier alpha value is -5.92. The fourth-order valence-electron chi connectivity index (χ4n) is 9.09. The zero-order valence-electron chi connectivity index (χ0n) is 35.7. The van der Waals surface area contributed by atoms with E-state index in [1.165, 1.54) is 15.5 Å². The first-order valence-corrected chi connectivity index (χ1v) is 21.4. The van der Waals surface area contributed by atoms with Gasteiger partial charge in [0.25, 0.3) is 29.8 Å². The summed E-state index contributed by atoms with van der Waals surface area (Å²) in [6.07, 6.45) is 3.54. The first-order chi connectivity index (χ1) is 30.1. The lowest BCUT2D eigenvalue weighted by Gasteiger charge is -2.45. The van der Waals surface area contributed by atoms with E-state index in [-0.39, 0.29) is 47.6 Å². The van der Waals surface area contributed by atoms with Crippen molar-refractivity contribution in [2.75, 3.05) is 59.4 Å². The number of carbonyl (C=O) groups is 5. The molecule has 4 aliphatic rings. The lowest BCUT2D eigenvalue weighted by atomic mass is 9.95. The number of fused-ring (bicyclic) bond motifs is 2. The molecule has 2 atom stereocenters. The zero-order chi connectivity index (χ0) is 45.3. The Balaban J connectivity index is 0.00000193. The van der Waals surface area contributed by atoms with Crippen molar-refractivity contribution in [2.24, 2.45) is 7.05 Å². The quantitative estimate of drug-likeness (QED) is 0.155. The summed E-state index contributed by atoms with van der Waals surface area (Å²) in [7, 11) is 8.67. The summed E-state index contributed by atoms with van der Waals surface area (Å²) in [5, 5.41) is 12.1. The number of nitrogens with zero attached hydrogens (tertiary/aromatic N) is 5. The number of likely N-dealkylation sites (tertiary alicyclic amines) is 1. The molecular formula is C44H51F2N7O9S. The number of aromatic nitrogens is 1. The van der Waals surface area contributed by atoms with Gasteiger partial charge in [0.15, 0.2) is 0 Å². The van der Waals surface area contributed by atoms with E-state index in [0.717, 1.165) is 28.2 Å². The number of imide groups is 1. The Kier molecular flexibility index (Phi) is 13.2. The molecule has 0 aliphatic carbocycles. The number of thiophene rings is 1. The molecule has 0 bridgehead atoms. The molecule has 0 radical (unpaired) electrons. The van der Waals surface area contributed by atoms with Crippen LogP contribution in [0.3, 0.4) is 0 Å². The van der Waals surface area contributed by atoms with Crippen LogP contribution in [0.2, 0.25) is 0 Å². The minimum absolute atomic E-state index is 0.0619. The van der Waals surface area contributed by atoms with Crippen molar-refractivity contribution in [3.63, 3.8) is 0 Å². The molecule has 0 spiro atoms. The molecule has 3 fully saturated rings. The minimum Gasteiger partial charge on any atom is -0.496 e. The van der Waals surface area contributed by atoms with Crippen LogP contribution < -0.4 is 30.6 Å². The number of methoxy groups -OCH3 is 2. The first kappa shape index (κ1) is 45.1. The molecule has 6 heterocycles. The molecule has 3 N–H and O–H groups in total. The first-order valence-electron chi connectivity index (χ1n) is 20.6. The highest BCUT2D eigenvalue weighted by atomic mass is 32.1. The van der Waals surface area contributed by atoms with Crippen molar-refractivity contribution in [1.29, 1.82) is 0 Å². The number of aryl methyl sites for hydroxylation is 1. The third-order valence-electron chi connectivity index (χ3n) is 12.3. The molecule has 63 heavy (non-hydrogen) atoms. The van der Waals surface area contributed by atoms with Crippen molar-refractivity contribution in [1.82, 2.24) is 29.9 Å². The Morgan fingerprint density at radius 1 is 1.00 bits per heavy atom. The van der Waals surface area contributed by atoms with E-state index in [1.807, 2.05) is 54.2 Å². The number of ether oxygens (including phenoxy) is 2. The third-order valence-corrected chi connectivity index (χ3v) is 13.4. The zero-order valence-corrected chi connectivity index (χ0v) is 36.6. The highest BCUT2D eigenvalue weighted by Gasteiger charge is 2.47. The molecule has 19 heteroatoms. The topological polar surface area (TPSA) is 183 Å². The van der Waals surface area contributed by atoms with Crippen molar-refractivity contribution < 1.29 is 47.3 Å². The van der Waals surface area contributed by atoms with Crippen LogP contribution in [0.1, 0.15) is 63.3 Å². The second kappa shape index (κ2) is 18.4. The van der Waals surface area contributed by atoms with Crippen LogP contribution in [0.4, 0.5) is 14.5 Å². The predicted octanol–water partition coefficient (Wildman–Crippen LogP) is 3.92.